The molecule has 0 radical (unpaired) electrons. The molecule has 3 heteroatoms. The Hall–Kier alpha value is -2.29. The third-order valence-corrected chi connectivity index (χ3v) is 3.42. The number of aryl methyl sites for hydroxylation is 3. The van der Waals surface area contributed by atoms with Crippen LogP contribution in [0.1, 0.15) is 32.6 Å². The number of aldehydes is 1. The van der Waals surface area contributed by atoms with Crippen molar-refractivity contribution < 1.29 is 14.3 Å². The second-order valence-corrected chi connectivity index (χ2v) is 5.21. The summed E-state index contributed by atoms with van der Waals surface area (Å²) in [6, 6.07) is 9.52. The normalized spacial score (nSPS) is 10.3. The molecule has 3 nitrogen and oxygen atoms in total. The van der Waals surface area contributed by atoms with E-state index in [0.717, 1.165) is 34.5 Å². The third kappa shape index (κ3) is 3.43. The van der Waals surface area contributed by atoms with Crippen molar-refractivity contribution in [1.29, 1.82) is 0 Å². The van der Waals surface area contributed by atoms with Gasteiger partial charge in [-0.15, -0.1) is 0 Å². The Morgan fingerprint density at radius 3 is 2.29 bits per heavy atom. The highest BCUT2D eigenvalue weighted by Gasteiger charge is 2.09. The monoisotopic (exact) mass is 284 g/mol. The molecule has 21 heavy (non-hydrogen) atoms. The molecule has 0 fully saturated rings. The van der Waals surface area contributed by atoms with Crippen LogP contribution in [0.4, 0.5) is 0 Å². The summed E-state index contributed by atoms with van der Waals surface area (Å²) in [5, 5.41) is 0. The van der Waals surface area contributed by atoms with Crippen LogP contribution in [0.5, 0.6) is 11.5 Å². The molecule has 0 saturated carbocycles. The van der Waals surface area contributed by atoms with E-state index in [2.05, 4.69) is 19.1 Å². The predicted octanol–water partition coefficient (Wildman–Crippen LogP) is 4.01. The topological polar surface area (TPSA) is 35.5 Å². The van der Waals surface area contributed by atoms with Crippen LogP contribution in [0.2, 0.25) is 0 Å². The Kier molecular flexibility index (Phi) is 4.63. The number of carbonyl (C=O) groups is 1. The SMILES string of the molecule is COc1ccc(C=O)cc1COc1c(C)cc(C)cc1C. The molecular formula is C18H20O3. The van der Waals surface area contributed by atoms with E-state index in [1.54, 1.807) is 25.3 Å². The van der Waals surface area contributed by atoms with E-state index in [4.69, 9.17) is 9.47 Å². The summed E-state index contributed by atoms with van der Waals surface area (Å²) in [6.07, 6.45) is 0.825. The van der Waals surface area contributed by atoms with Gasteiger partial charge in [-0.25, -0.2) is 0 Å². The summed E-state index contributed by atoms with van der Waals surface area (Å²) in [5.74, 6) is 1.61. The summed E-state index contributed by atoms with van der Waals surface area (Å²) in [7, 11) is 1.61. The van der Waals surface area contributed by atoms with Crippen molar-refractivity contribution in [2.24, 2.45) is 0 Å². The van der Waals surface area contributed by atoms with Gasteiger partial charge in [0.15, 0.2) is 0 Å². The second kappa shape index (κ2) is 6.44. The van der Waals surface area contributed by atoms with Crippen LogP contribution in [0.15, 0.2) is 30.3 Å². The van der Waals surface area contributed by atoms with Crippen LogP contribution in [0.25, 0.3) is 0 Å². The molecule has 0 aliphatic carbocycles. The molecule has 0 spiro atoms. The van der Waals surface area contributed by atoms with E-state index in [1.165, 1.54) is 5.56 Å². The molecule has 0 unspecified atom stereocenters. The molecule has 0 bridgehead atoms. The average Bonchev–Trinajstić information content (AvgIpc) is 2.45. The van der Waals surface area contributed by atoms with Crippen LogP contribution in [0.3, 0.4) is 0 Å². The molecule has 0 aromatic heterocycles. The first-order valence-electron chi connectivity index (χ1n) is 6.88. The van der Waals surface area contributed by atoms with Crippen LogP contribution in [-0.4, -0.2) is 13.4 Å². The van der Waals surface area contributed by atoms with Crippen molar-refractivity contribution in [3.8, 4) is 11.5 Å². The standard InChI is InChI=1S/C18H20O3/c1-12-7-13(2)18(14(3)8-12)21-11-16-9-15(10-19)5-6-17(16)20-4/h5-10H,11H2,1-4H3. The van der Waals surface area contributed by atoms with Crippen molar-refractivity contribution in [1.82, 2.24) is 0 Å². The van der Waals surface area contributed by atoms with E-state index in [0.29, 0.717) is 12.2 Å². The summed E-state index contributed by atoms with van der Waals surface area (Å²) in [5.41, 5.74) is 4.92. The second-order valence-electron chi connectivity index (χ2n) is 5.21. The van der Waals surface area contributed by atoms with Gasteiger partial charge in [0.25, 0.3) is 0 Å². The Labute approximate surface area is 125 Å². The number of hydrogen-bond acceptors (Lipinski definition) is 3. The van der Waals surface area contributed by atoms with Gasteiger partial charge in [0, 0.05) is 11.1 Å². The van der Waals surface area contributed by atoms with E-state index < -0.39 is 0 Å². The van der Waals surface area contributed by atoms with E-state index in [-0.39, 0.29) is 0 Å². The molecule has 0 aliphatic heterocycles. The Morgan fingerprint density at radius 1 is 1.05 bits per heavy atom. The molecule has 2 aromatic rings. The highest BCUT2D eigenvalue weighted by Crippen LogP contribution is 2.27. The molecule has 0 heterocycles. The number of rotatable bonds is 5. The van der Waals surface area contributed by atoms with E-state index in [1.807, 2.05) is 13.8 Å². The molecule has 2 rings (SSSR count). The number of carbonyl (C=O) groups excluding carboxylic acids is 1. The van der Waals surface area contributed by atoms with Crippen molar-refractivity contribution in [2.75, 3.05) is 7.11 Å². The summed E-state index contributed by atoms with van der Waals surface area (Å²) < 4.78 is 11.3. The Bertz CT molecular complexity index is 637. The molecule has 0 atom stereocenters. The average molecular weight is 284 g/mol. The van der Waals surface area contributed by atoms with E-state index in [9.17, 15) is 4.79 Å². The number of methoxy groups -OCH3 is 1. The lowest BCUT2D eigenvalue weighted by Gasteiger charge is -2.15. The fourth-order valence-corrected chi connectivity index (χ4v) is 2.53. The molecule has 0 aliphatic rings. The molecule has 110 valence electrons. The number of hydrogen-bond donors (Lipinski definition) is 0. The largest absolute Gasteiger partial charge is 0.496 e. The fourth-order valence-electron chi connectivity index (χ4n) is 2.53. The first-order chi connectivity index (χ1) is 10.0. The first-order valence-corrected chi connectivity index (χ1v) is 6.88. The zero-order valence-electron chi connectivity index (χ0n) is 12.9. The van der Waals surface area contributed by atoms with Gasteiger partial charge in [0.1, 0.15) is 24.4 Å². The third-order valence-electron chi connectivity index (χ3n) is 3.42. The maximum absolute atomic E-state index is 10.9. The highest BCUT2D eigenvalue weighted by molar-refractivity contribution is 5.75. The Morgan fingerprint density at radius 2 is 1.71 bits per heavy atom. The minimum absolute atomic E-state index is 0.371. The maximum atomic E-state index is 10.9. The van der Waals surface area contributed by atoms with Gasteiger partial charge in [-0.1, -0.05) is 17.7 Å². The smallest absolute Gasteiger partial charge is 0.150 e. The lowest BCUT2D eigenvalue weighted by atomic mass is 10.1. The lowest BCUT2D eigenvalue weighted by Crippen LogP contribution is -2.02. The quantitative estimate of drug-likeness (QED) is 0.778. The van der Waals surface area contributed by atoms with Gasteiger partial charge < -0.3 is 9.47 Å². The number of benzene rings is 2. The maximum Gasteiger partial charge on any atom is 0.150 e. The van der Waals surface area contributed by atoms with Crippen molar-refractivity contribution in [2.45, 2.75) is 27.4 Å². The van der Waals surface area contributed by atoms with Crippen LogP contribution < -0.4 is 9.47 Å². The summed E-state index contributed by atoms with van der Waals surface area (Å²) in [4.78, 5) is 10.9. The molecule has 0 saturated heterocycles. The predicted molar refractivity (Wildman–Crippen MR) is 83.4 cm³/mol. The minimum atomic E-state index is 0.371. The van der Waals surface area contributed by atoms with Gasteiger partial charge in [0.2, 0.25) is 0 Å². The first kappa shape index (κ1) is 15.1. The molecule has 2 aromatic carbocycles. The molecule has 0 N–H and O–H groups in total. The zero-order chi connectivity index (χ0) is 15.4. The van der Waals surface area contributed by atoms with Crippen molar-refractivity contribution in [3.05, 3.63) is 58.1 Å². The molecular weight excluding hydrogens is 264 g/mol. The number of ether oxygens (including phenoxy) is 2. The Balaban J connectivity index is 2.26. The minimum Gasteiger partial charge on any atom is -0.496 e. The van der Waals surface area contributed by atoms with Crippen LogP contribution in [-0.2, 0) is 6.61 Å². The van der Waals surface area contributed by atoms with Gasteiger partial charge in [-0.2, -0.15) is 0 Å². The van der Waals surface area contributed by atoms with Gasteiger partial charge in [0.05, 0.1) is 7.11 Å². The highest BCUT2D eigenvalue weighted by atomic mass is 16.5. The van der Waals surface area contributed by atoms with E-state index >= 15 is 0 Å². The van der Waals surface area contributed by atoms with Crippen molar-refractivity contribution >= 4 is 6.29 Å². The van der Waals surface area contributed by atoms with Crippen molar-refractivity contribution in [3.63, 3.8) is 0 Å². The van der Waals surface area contributed by atoms with Gasteiger partial charge >= 0.3 is 0 Å². The summed E-state index contributed by atoms with van der Waals surface area (Å²) in [6.45, 7) is 6.51. The van der Waals surface area contributed by atoms with Gasteiger partial charge in [-0.05, 0) is 50.1 Å². The lowest BCUT2D eigenvalue weighted by molar-refractivity contribution is 0.112. The van der Waals surface area contributed by atoms with Gasteiger partial charge in [-0.3, -0.25) is 4.79 Å². The molecule has 0 amide bonds. The van der Waals surface area contributed by atoms with Crippen LogP contribution >= 0.6 is 0 Å². The summed E-state index contributed by atoms with van der Waals surface area (Å²) >= 11 is 0. The zero-order valence-corrected chi connectivity index (χ0v) is 12.9. The van der Waals surface area contributed by atoms with Crippen LogP contribution in [0, 0.1) is 20.8 Å². The fraction of sp³-hybridized carbons (Fsp3) is 0.278.